The fourth-order valence-corrected chi connectivity index (χ4v) is 2.59. The zero-order valence-electron chi connectivity index (χ0n) is 10.4. The molecule has 3 rings (SSSR count). The second kappa shape index (κ2) is 4.99. The van der Waals surface area contributed by atoms with Crippen molar-refractivity contribution in [3.63, 3.8) is 0 Å². The Morgan fingerprint density at radius 3 is 2.68 bits per heavy atom. The first-order valence-corrected chi connectivity index (χ1v) is 6.49. The Bertz CT molecular complexity index is 574. The summed E-state index contributed by atoms with van der Waals surface area (Å²) in [6, 6.07) is 4.21. The number of hydrogen-bond donors (Lipinski definition) is 1. The van der Waals surface area contributed by atoms with Crippen LogP contribution in [0, 0.1) is 11.6 Å². The lowest BCUT2D eigenvalue weighted by molar-refractivity contribution is 0.509. The van der Waals surface area contributed by atoms with Gasteiger partial charge in [-0.25, -0.2) is 13.8 Å². The molecule has 1 saturated carbocycles. The molecule has 19 heavy (non-hydrogen) atoms. The number of benzene rings is 1. The first-order chi connectivity index (χ1) is 9.24. The summed E-state index contributed by atoms with van der Waals surface area (Å²) in [5.74, 6) is -1.02. The van der Waals surface area contributed by atoms with Crippen molar-refractivity contribution in [2.45, 2.75) is 31.7 Å². The topological polar surface area (TPSA) is 29.9 Å². The van der Waals surface area contributed by atoms with Crippen molar-refractivity contribution in [3.8, 4) is 0 Å². The van der Waals surface area contributed by atoms with E-state index in [0.29, 0.717) is 17.7 Å². The van der Waals surface area contributed by atoms with Crippen LogP contribution < -0.4 is 5.32 Å². The summed E-state index contributed by atoms with van der Waals surface area (Å²) in [6.45, 7) is 0. The van der Waals surface area contributed by atoms with Crippen LogP contribution in [0.3, 0.4) is 0 Å². The van der Waals surface area contributed by atoms with Gasteiger partial charge >= 0.3 is 0 Å². The molecule has 0 radical (unpaired) electrons. The van der Waals surface area contributed by atoms with E-state index in [4.69, 9.17) is 0 Å². The Balaban J connectivity index is 1.83. The van der Waals surface area contributed by atoms with Gasteiger partial charge in [0.25, 0.3) is 0 Å². The van der Waals surface area contributed by atoms with Crippen molar-refractivity contribution in [1.82, 2.24) is 9.55 Å². The van der Waals surface area contributed by atoms with Gasteiger partial charge in [-0.3, -0.25) is 0 Å². The van der Waals surface area contributed by atoms with Gasteiger partial charge in [-0.15, -0.1) is 0 Å². The van der Waals surface area contributed by atoms with E-state index < -0.39 is 11.6 Å². The van der Waals surface area contributed by atoms with E-state index in [0.717, 1.165) is 25.0 Å². The standard InChI is InChI=1S/C14H15F2N3/c15-12-6-5-10(9-13(12)16)18-14-17-7-8-19(14)11-3-1-2-4-11/h5-9,11H,1-4H2,(H,17,18). The predicted octanol–water partition coefficient (Wildman–Crippen LogP) is 4.02. The third-order valence-electron chi connectivity index (χ3n) is 3.56. The van der Waals surface area contributed by atoms with E-state index in [1.54, 1.807) is 6.20 Å². The summed E-state index contributed by atoms with van der Waals surface area (Å²) >= 11 is 0. The molecule has 1 aliphatic carbocycles. The van der Waals surface area contributed by atoms with Crippen LogP contribution in [0.25, 0.3) is 0 Å². The third kappa shape index (κ3) is 2.45. The number of nitrogens with one attached hydrogen (secondary N) is 1. The molecule has 0 spiro atoms. The van der Waals surface area contributed by atoms with Crippen molar-refractivity contribution in [2.24, 2.45) is 0 Å². The lowest BCUT2D eigenvalue weighted by Crippen LogP contribution is -2.08. The monoisotopic (exact) mass is 263 g/mol. The lowest BCUT2D eigenvalue weighted by atomic mass is 10.2. The third-order valence-corrected chi connectivity index (χ3v) is 3.56. The molecule has 1 heterocycles. The quantitative estimate of drug-likeness (QED) is 0.906. The molecule has 1 aliphatic rings. The maximum absolute atomic E-state index is 13.2. The first kappa shape index (κ1) is 12.1. The second-order valence-corrected chi connectivity index (χ2v) is 4.85. The van der Waals surface area contributed by atoms with Crippen molar-refractivity contribution in [2.75, 3.05) is 5.32 Å². The number of nitrogens with zero attached hydrogens (tertiary/aromatic N) is 2. The molecule has 100 valence electrons. The summed E-state index contributed by atoms with van der Waals surface area (Å²) < 4.78 is 28.1. The highest BCUT2D eigenvalue weighted by atomic mass is 19.2. The Kier molecular flexibility index (Phi) is 3.19. The minimum Gasteiger partial charge on any atom is -0.326 e. The molecule has 3 nitrogen and oxygen atoms in total. The zero-order valence-corrected chi connectivity index (χ0v) is 10.4. The second-order valence-electron chi connectivity index (χ2n) is 4.85. The highest BCUT2D eigenvalue weighted by molar-refractivity contribution is 5.53. The Hall–Kier alpha value is -1.91. The molecule has 1 N–H and O–H groups in total. The van der Waals surface area contributed by atoms with Gasteiger partial charge in [-0.1, -0.05) is 12.8 Å². The van der Waals surface area contributed by atoms with Gasteiger partial charge in [0.15, 0.2) is 11.6 Å². The minimum atomic E-state index is -0.857. The van der Waals surface area contributed by atoms with Crippen LogP contribution >= 0.6 is 0 Å². The number of halogens is 2. The molecule has 1 aromatic carbocycles. The van der Waals surface area contributed by atoms with Gasteiger partial charge in [-0.2, -0.15) is 0 Å². The van der Waals surface area contributed by atoms with Crippen molar-refractivity contribution in [1.29, 1.82) is 0 Å². The lowest BCUT2D eigenvalue weighted by Gasteiger charge is -2.15. The number of hydrogen-bond acceptors (Lipinski definition) is 2. The van der Waals surface area contributed by atoms with E-state index in [1.807, 2.05) is 6.20 Å². The number of rotatable bonds is 3. The SMILES string of the molecule is Fc1ccc(Nc2nccn2C2CCCC2)cc1F. The fourth-order valence-electron chi connectivity index (χ4n) is 2.59. The van der Waals surface area contributed by atoms with Gasteiger partial charge in [0, 0.05) is 30.2 Å². The summed E-state index contributed by atoms with van der Waals surface area (Å²) in [6.07, 6.45) is 8.39. The average Bonchev–Trinajstić information content (AvgIpc) is 3.04. The van der Waals surface area contributed by atoms with Gasteiger partial charge < -0.3 is 9.88 Å². The van der Waals surface area contributed by atoms with Crippen molar-refractivity contribution < 1.29 is 8.78 Å². The van der Waals surface area contributed by atoms with Crippen LogP contribution in [0.4, 0.5) is 20.4 Å². The molecule has 0 amide bonds. The van der Waals surface area contributed by atoms with E-state index in [1.165, 1.54) is 18.9 Å². The van der Waals surface area contributed by atoms with E-state index in [-0.39, 0.29) is 0 Å². The summed E-state index contributed by atoms with van der Waals surface area (Å²) in [5, 5.41) is 3.04. The number of imidazole rings is 1. The Morgan fingerprint density at radius 2 is 1.95 bits per heavy atom. The van der Waals surface area contributed by atoms with E-state index in [9.17, 15) is 8.78 Å². The van der Waals surface area contributed by atoms with Crippen LogP contribution in [-0.2, 0) is 0 Å². The maximum Gasteiger partial charge on any atom is 0.207 e. The summed E-state index contributed by atoms with van der Waals surface area (Å²) in [7, 11) is 0. The highest BCUT2D eigenvalue weighted by Gasteiger charge is 2.19. The van der Waals surface area contributed by atoms with Crippen LogP contribution in [0.5, 0.6) is 0 Å². The van der Waals surface area contributed by atoms with Crippen molar-refractivity contribution in [3.05, 3.63) is 42.2 Å². The molecular formula is C14H15F2N3. The normalized spacial score (nSPS) is 15.9. The molecule has 0 saturated heterocycles. The van der Waals surface area contributed by atoms with Gasteiger partial charge in [0.2, 0.25) is 5.95 Å². The molecular weight excluding hydrogens is 248 g/mol. The number of anilines is 2. The predicted molar refractivity (Wildman–Crippen MR) is 69.4 cm³/mol. The molecule has 0 atom stereocenters. The molecule has 5 heteroatoms. The minimum absolute atomic E-state index is 0.454. The molecule has 0 bridgehead atoms. The first-order valence-electron chi connectivity index (χ1n) is 6.49. The fraction of sp³-hybridized carbons (Fsp3) is 0.357. The summed E-state index contributed by atoms with van der Waals surface area (Å²) in [4.78, 5) is 4.24. The van der Waals surface area contributed by atoms with E-state index in [2.05, 4.69) is 14.9 Å². The zero-order chi connectivity index (χ0) is 13.2. The van der Waals surface area contributed by atoms with Crippen LogP contribution in [0.15, 0.2) is 30.6 Å². The van der Waals surface area contributed by atoms with Crippen LogP contribution in [0.2, 0.25) is 0 Å². The maximum atomic E-state index is 13.2. The van der Waals surface area contributed by atoms with Gasteiger partial charge in [0.1, 0.15) is 0 Å². The molecule has 2 aromatic rings. The van der Waals surface area contributed by atoms with Gasteiger partial charge in [-0.05, 0) is 25.0 Å². The molecule has 0 unspecified atom stereocenters. The highest BCUT2D eigenvalue weighted by Crippen LogP contribution is 2.32. The van der Waals surface area contributed by atoms with Crippen molar-refractivity contribution >= 4 is 11.6 Å². The van der Waals surface area contributed by atoms with Crippen LogP contribution in [-0.4, -0.2) is 9.55 Å². The number of aromatic nitrogens is 2. The molecule has 1 aromatic heterocycles. The molecule has 0 aliphatic heterocycles. The summed E-state index contributed by atoms with van der Waals surface area (Å²) in [5.41, 5.74) is 0.504. The largest absolute Gasteiger partial charge is 0.326 e. The van der Waals surface area contributed by atoms with E-state index >= 15 is 0 Å². The van der Waals surface area contributed by atoms with Crippen LogP contribution in [0.1, 0.15) is 31.7 Å². The smallest absolute Gasteiger partial charge is 0.207 e. The Labute approximate surface area is 110 Å². The average molecular weight is 263 g/mol. The molecule has 1 fully saturated rings. The van der Waals surface area contributed by atoms with Gasteiger partial charge in [0.05, 0.1) is 0 Å². The Morgan fingerprint density at radius 1 is 1.16 bits per heavy atom.